The van der Waals surface area contributed by atoms with Crippen LogP contribution in [-0.4, -0.2) is 47.1 Å². The number of hydrogen-bond acceptors (Lipinski definition) is 5. The Bertz CT molecular complexity index is 673. The molecule has 0 spiro atoms. The predicted molar refractivity (Wildman–Crippen MR) is 96.1 cm³/mol. The van der Waals surface area contributed by atoms with Crippen molar-refractivity contribution in [1.82, 2.24) is 20.2 Å². The van der Waals surface area contributed by atoms with Gasteiger partial charge in [0.25, 0.3) is 0 Å². The quantitative estimate of drug-likeness (QED) is 0.899. The molecular formula is C19H25N5. The van der Waals surface area contributed by atoms with Gasteiger partial charge in [0.2, 0.25) is 0 Å². The minimum Gasteiger partial charge on any atom is -0.366 e. The molecule has 2 aromatic rings. The summed E-state index contributed by atoms with van der Waals surface area (Å²) < 4.78 is 0. The fourth-order valence-electron chi connectivity index (χ4n) is 3.73. The summed E-state index contributed by atoms with van der Waals surface area (Å²) >= 11 is 0. The minimum absolute atomic E-state index is 0.476. The number of anilines is 1. The average Bonchev–Trinajstić information content (AvgIpc) is 2.90. The Balaban J connectivity index is 1.40. The number of fused-ring (bicyclic) bond motifs is 1. The first-order valence-corrected chi connectivity index (χ1v) is 8.95. The van der Waals surface area contributed by atoms with E-state index >= 15 is 0 Å². The van der Waals surface area contributed by atoms with Crippen LogP contribution in [0.5, 0.6) is 0 Å². The van der Waals surface area contributed by atoms with Crippen LogP contribution in [0, 0.1) is 0 Å². The van der Waals surface area contributed by atoms with Gasteiger partial charge in [0, 0.05) is 44.2 Å². The highest BCUT2D eigenvalue weighted by atomic mass is 15.2. The van der Waals surface area contributed by atoms with E-state index in [1.807, 2.05) is 0 Å². The molecule has 2 aliphatic heterocycles. The summed E-state index contributed by atoms with van der Waals surface area (Å²) in [5, 5.41) is 7.14. The largest absolute Gasteiger partial charge is 0.366 e. The van der Waals surface area contributed by atoms with Crippen molar-refractivity contribution < 1.29 is 0 Å². The third-order valence-electron chi connectivity index (χ3n) is 4.99. The zero-order valence-corrected chi connectivity index (χ0v) is 14.0. The molecule has 5 heteroatoms. The Labute approximate surface area is 143 Å². The third-order valence-corrected chi connectivity index (χ3v) is 4.99. The van der Waals surface area contributed by atoms with Crippen LogP contribution in [0.25, 0.3) is 0 Å². The fourth-order valence-corrected chi connectivity index (χ4v) is 3.73. The van der Waals surface area contributed by atoms with Crippen molar-refractivity contribution in [2.45, 2.75) is 31.8 Å². The van der Waals surface area contributed by atoms with E-state index in [1.165, 1.54) is 23.2 Å². The van der Waals surface area contributed by atoms with E-state index in [1.54, 1.807) is 6.33 Å². The van der Waals surface area contributed by atoms with Crippen LogP contribution in [0.4, 0.5) is 5.82 Å². The molecule has 3 heterocycles. The summed E-state index contributed by atoms with van der Waals surface area (Å²) in [6, 6.07) is 11.2. The number of rotatable bonds is 4. The summed E-state index contributed by atoms with van der Waals surface area (Å²) in [6.07, 6.45) is 4.89. The Hall–Kier alpha value is -1.98. The molecule has 1 fully saturated rings. The van der Waals surface area contributed by atoms with Gasteiger partial charge in [0.1, 0.15) is 12.1 Å². The molecule has 0 amide bonds. The molecule has 4 rings (SSSR count). The van der Waals surface area contributed by atoms with Gasteiger partial charge in [-0.2, -0.15) is 0 Å². The molecule has 1 aromatic carbocycles. The van der Waals surface area contributed by atoms with Crippen molar-refractivity contribution >= 4 is 5.82 Å². The number of hydrogen-bond donors (Lipinski definition) is 2. The monoisotopic (exact) mass is 323 g/mol. The van der Waals surface area contributed by atoms with Gasteiger partial charge in [-0.3, -0.25) is 4.90 Å². The standard InChI is InChI=1S/C19H25N5/c1-2-4-15(5-3-1)12-24-11-8-16(13-24)23-19-17-6-9-20-10-7-18(17)21-14-22-19/h1-5,14,16,20H,6-13H2,(H,21,22,23)/t16-/m0/s1. The molecule has 24 heavy (non-hydrogen) atoms. The van der Waals surface area contributed by atoms with Crippen molar-refractivity contribution in [3.63, 3.8) is 0 Å². The SMILES string of the molecule is c1ccc(CN2CC[C@H](Nc3ncnc4c3CCNCC4)C2)cc1. The van der Waals surface area contributed by atoms with E-state index in [0.717, 1.165) is 51.4 Å². The first kappa shape index (κ1) is 15.5. The Morgan fingerprint density at radius 1 is 1.12 bits per heavy atom. The van der Waals surface area contributed by atoms with E-state index in [0.29, 0.717) is 6.04 Å². The lowest BCUT2D eigenvalue weighted by atomic mass is 10.1. The van der Waals surface area contributed by atoms with E-state index in [2.05, 4.69) is 55.8 Å². The number of likely N-dealkylation sites (tertiary alicyclic amines) is 1. The molecule has 126 valence electrons. The van der Waals surface area contributed by atoms with Gasteiger partial charge in [-0.1, -0.05) is 30.3 Å². The second-order valence-corrected chi connectivity index (χ2v) is 6.75. The third kappa shape index (κ3) is 3.57. The van der Waals surface area contributed by atoms with Crippen molar-refractivity contribution in [3.05, 3.63) is 53.5 Å². The van der Waals surface area contributed by atoms with Gasteiger partial charge >= 0.3 is 0 Å². The summed E-state index contributed by atoms with van der Waals surface area (Å²) in [7, 11) is 0. The summed E-state index contributed by atoms with van der Waals surface area (Å²) in [5.41, 5.74) is 3.90. The van der Waals surface area contributed by atoms with Crippen LogP contribution in [0.2, 0.25) is 0 Å². The summed E-state index contributed by atoms with van der Waals surface area (Å²) in [5.74, 6) is 1.05. The zero-order valence-electron chi connectivity index (χ0n) is 14.0. The maximum Gasteiger partial charge on any atom is 0.133 e. The van der Waals surface area contributed by atoms with E-state index in [-0.39, 0.29) is 0 Å². The lowest BCUT2D eigenvalue weighted by Crippen LogP contribution is -2.27. The van der Waals surface area contributed by atoms with Gasteiger partial charge in [-0.25, -0.2) is 9.97 Å². The molecule has 0 bridgehead atoms. The highest BCUT2D eigenvalue weighted by Crippen LogP contribution is 2.22. The van der Waals surface area contributed by atoms with Gasteiger partial charge in [0.05, 0.1) is 5.69 Å². The first-order chi connectivity index (χ1) is 11.9. The van der Waals surface area contributed by atoms with Crippen molar-refractivity contribution in [3.8, 4) is 0 Å². The lowest BCUT2D eigenvalue weighted by Gasteiger charge is -2.19. The Morgan fingerprint density at radius 3 is 2.92 bits per heavy atom. The number of nitrogens with zero attached hydrogens (tertiary/aromatic N) is 3. The van der Waals surface area contributed by atoms with Crippen molar-refractivity contribution in [2.24, 2.45) is 0 Å². The topological polar surface area (TPSA) is 53.1 Å². The normalized spacial score (nSPS) is 21.2. The van der Waals surface area contributed by atoms with E-state index in [9.17, 15) is 0 Å². The van der Waals surface area contributed by atoms with E-state index < -0.39 is 0 Å². The smallest absolute Gasteiger partial charge is 0.133 e. The molecule has 1 aromatic heterocycles. The summed E-state index contributed by atoms with van der Waals surface area (Å²) in [4.78, 5) is 11.5. The maximum atomic E-state index is 4.54. The summed E-state index contributed by atoms with van der Waals surface area (Å²) in [6.45, 7) is 5.27. The maximum absolute atomic E-state index is 4.54. The van der Waals surface area contributed by atoms with E-state index in [4.69, 9.17) is 0 Å². The van der Waals surface area contributed by atoms with Crippen LogP contribution < -0.4 is 10.6 Å². The second-order valence-electron chi connectivity index (χ2n) is 6.75. The van der Waals surface area contributed by atoms with Crippen LogP contribution in [0.3, 0.4) is 0 Å². The van der Waals surface area contributed by atoms with Crippen LogP contribution in [0.15, 0.2) is 36.7 Å². The van der Waals surface area contributed by atoms with Crippen molar-refractivity contribution in [2.75, 3.05) is 31.5 Å². The van der Waals surface area contributed by atoms with Gasteiger partial charge < -0.3 is 10.6 Å². The highest BCUT2D eigenvalue weighted by molar-refractivity contribution is 5.47. The zero-order chi connectivity index (χ0) is 16.2. The molecular weight excluding hydrogens is 298 g/mol. The molecule has 0 unspecified atom stereocenters. The molecule has 1 saturated heterocycles. The molecule has 0 saturated carbocycles. The van der Waals surface area contributed by atoms with Crippen LogP contribution in [0.1, 0.15) is 23.2 Å². The highest BCUT2D eigenvalue weighted by Gasteiger charge is 2.24. The van der Waals surface area contributed by atoms with Gasteiger partial charge in [-0.05, 0) is 24.9 Å². The van der Waals surface area contributed by atoms with Gasteiger partial charge in [0.15, 0.2) is 0 Å². The molecule has 0 radical (unpaired) electrons. The predicted octanol–water partition coefficient (Wildman–Crippen LogP) is 1.85. The average molecular weight is 323 g/mol. The molecule has 2 N–H and O–H groups in total. The number of nitrogens with one attached hydrogen (secondary N) is 2. The first-order valence-electron chi connectivity index (χ1n) is 8.95. The molecule has 5 nitrogen and oxygen atoms in total. The number of benzene rings is 1. The Morgan fingerprint density at radius 2 is 2.00 bits per heavy atom. The van der Waals surface area contributed by atoms with Crippen LogP contribution >= 0.6 is 0 Å². The lowest BCUT2D eigenvalue weighted by molar-refractivity contribution is 0.328. The molecule has 1 atom stereocenters. The minimum atomic E-state index is 0.476. The van der Waals surface area contributed by atoms with Gasteiger partial charge in [-0.15, -0.1) is 0 Å². The second kappa shape index (κ2) is 7.28. The molecule has 2 aliphatic rings. The number of aromatic nitrogens is 2. The Kier molecular flexibility index (Phi) is 4.71. The molecule has 0 aliphatic carbocycles. The van der Waals surface area contributed by atoms with Crippen LogP contribution in [-0.2, 0) is 19.4 Å². The fraction of sp³-hybridized carbons (Fsp3) is 0.474. The van der Waals surface area contributed by atoms with Crippen molar-refractivity contribution in [1.29, 1.82) is 0 Å².